The van der Waals surface area contributed by atoms with Gasteiger partial charge in [0.05, 0.1) is 10.9 Å². The molecule has 0 amide bonds. The molecule has 1 unspecified atom stereocenters. The molecule has 0 spiro atoms. The van der Waals surface area contributed by atoms with Crippen molar-refractivity contribution in [1.82, 2.24) is 4.31 Å². The third-order valence-corrected chi connectivity index (χ3v) is 10.0. The first-order valence-electron chi connectivity index (χ1n) is 11.5. The van der Waals surface area contributed by atoms with Crippen LogP contribution in [0.15, 0.2) is 93.5 Å². The van der Waals surface area contributed by atoms with E-state index in [0.717, 1.165) is 11.8 Å². The standard InChI is InChI=1S/C26H27F3N2O3S3/c1-25(32,26(27,28)29)19-11-13-20(14-12-19)31-16-15-30(37(33,34)24-10-6-5-9-23(24)35)17-21(31)18-36-22-7-3-2-4-8-22/h2-14,21,32,35H,15-18H2,1H3/t21-,25?/m1/s1. The molecule has 1 saturated heterocycles. The number of nitrogens with zero attached hydrogens (tertiary/aromatic N) is 2. The fraction of sp³-hybridized carbons (Fsp3) is 0.308. The maximum atomic E-state index is 13.4. The highest BCUT2D eigenvalue weighted by Crippen LogP contribution is 2.39. The van der Waals surface area contributed by atoms with Crippen molar-refractivity contribution >= 4 is 40.1 Å². The van der Waals surface area contributed by atoms with Crippen LogP contribution < -0.4 is 4.90 Å². The molecule has 2 atom stereocenters. The van der Waals surface area contributed by atoms with Gasteiger partial charge >= 0.3 is 6.18 Å². The van der Waals surface area contributed by atoms with E-state index < -0.39 is 21.8 Å². The minimum atomic E-state index is -4.81. The second-order valence-electron chi connectivity index (χ2n) is 8.92. The van der Waals surface area contributed by atoms with Crippen molar-refractivity contribution in [2.24, 2.45) is 0 Å². The van der Waals surface area contributed by atoms with Gasteiger partial charge in [0.25, 0.3) is 0 Å². The summed E-state index contributed by atoms with van der Waals surface area (Å²) in [6.07, 6.45) is -4.81. The van der Waals surface area contributed by atoms with Crippen LogP contribution in [0, 0.1) is 0 Å². The Morgan fingerprint density at radius 1 is 0.973 bits per heavy atom. The topological polar surface area (TPSA) is 60.9 Å². The number of thiol groups is 1. The summed E-state index contributed by atoms with van der Waals surface area (Å²) in [6, 6.07) is 21.6. The van der Waals surface area contributed by atoms with Gasteiger partial charge in [-0.2, -0.15) is 17.5 Å². The molecule has 0 saturated carbocycles. The van der Waals surface area contributed by atoms with Crippen LogP contribution in [-0.2, 0) is 15.6 Å². The van der Waals surface area contributed by atoms with Gasteiger partial charge in [0.15, 0.2) is 5.60 Å². The lowest BCUT2D eigenvalue weighted by Gasteiger charge is -2.42. The molecule has 3 aromatic rings. The van der Waals surface area contributed by atoms with Crippen molar-refractivity contribution in [2.75, 3.05) is 30.3 Å². The minimum Gasteiger partial charge on any atom is -0.376 e. The zero-order valence-electron chi connectivity index (χ0n) is 20.0. The van der Waals surface area contributed by atoms with E-state index in [2.05, 4.69) is 12.6 Å². The summed E-state index contributed by atoms with van der Waals surface area (Å²) in [6.45, 7) is 1.48. The Balaban J connectivity index is 1.61. The molecule has 11 heteroatoms. The van der Waals surface area contributed by atoms with E-state index in [1.54, 1.807) is 42.1 Å². The molecule has 3 aromatic carbocycles. The third kappa shape index (κ3) is 5.96. The Morgan fingerprint density at radius 2 is 1.59 bits per heavy atom. The number of rotatable bonds is 7. The maximum Gasteiger partial charge on any atom is 0.421 e. The lowest BCUT2D eigenvalue weighted by Crippen LogP contribution is -2.56. The maximum absolute atomic E-state index is 13.4. The molecule has 198 valence electrons. The van der Waals surface area contributed by atoms with Crippen LogP contribution in [-0.4, -0.2) is 55.4 Å². The molecule has 37 heavy (non-hydrogen) atoms. The SMILES string of the molecule is CC(O)(c1ccc(N2CCN(S(=O)(=O)c3ccccc3S)C[C@@H]2CSc2ccccc2)cc1)C(F)(F)F. The van der Waals surface area contributed by atoms with Crippen LogP contribution in [0.3, 0.4) is 0 Å². The van der Waals surface area contributed by atoms with Gasteiger partial charge in [-0.05, 0) is 48.9 Å². The zero-order chi connectivity index (χ0) is 26.8. The molecule has 0 radical (unpaired) electrons. The fourth-order valence-electron chi connectivity index (χ4n) is 4.19. The molecule has 0 aromatic heterocycles. The number of hydrogen-bond donors (Lipinski definition) is 2. The zero-order valence-corrected chi connectivity index (χ0v) is 22.5. The lowest BCUT2D eigenvalue weighted by molar-refractivity contribution is -0.258. The average Bonchev–Trinajstić information content (AvgIpc) is 2.87. The van der Waals surface area contributed by atoms with Crippen molar-refractivity contribution in [3.63, 3.8) is 0 Å². The van der Waals surface area contributed by atoms with Gasteiger partial charge in [0.1, 0.15) is 0 Å². The number of sulfonamides is 1. The molecule has 1 heterocycles. The van der Waals surface area contributed by atoms with Gasteiger partial charge in [-0.15, -0.1) is 24.4 Å². The second-order valence-corrected chi connectivity index (χ2v) is 12.4. The Labute approximate surface area is 224 Å². The third-order valence-electron chi connectivity index (χ3n) is 6.43. The molecule has 1 aliphatic heterocycles. The highest BCUT2D eigenvalue weighted by atomic mass is 32.2. The largest absolute Gasteiger partial charge is 0.421 e. The first-order chi connectivity index (χ1) is 17.4. The molecular weight excluding hydrogens is 541 g/mol. The summed E-state index contributed by atoms with van der Waals surface area (Å²) in [4.78, 5) is 3.55. The summed E-state index contributed by atoms with van der Waals surface area (Å²) >= 11 is 5.91. The molecule has 1 aliphatic rings. The van der Waals surface area contributed by atoms with Gasteiger partial charge in [-0.3, -0.25) is 0 Å². The number of piperazine rings is 1. The monoisotopic (exact) mass is 568 g/mol. The summed E-state index contributed by atoms with van der Waals surface area (Å²) < 4.78 is 68.2. The molecule has 1 N–H and O–H groups in total. The van der Waals surface area contributed by atoms with Gasteiger partial charge in [-0.25, -0.2) is 8.42 Å². The van der Waals surface area contributed by atoms with E-state index >= 15 is 0 Å². The Morgan fingerprint density at radius 3 is 2.22 bits per heavy atom. The van der Waals surface area contributed by atoms with Gasteiger partial charge in [0, 0.05) is 40.9 Å². The van der Waals surface area contributed by atoms with Crippen molar-refractivity contribution < 1.29 is 26.7 Å². The number of hydrogen-bond acceptors (Lipinski definition) is 6. The number of anilines is 1. The van der Waals surface area contributed by atoms with E-state index in [-0.39, 0.29) is 29.6 Å². The normalized spacial score (nSPS) is 19.0. The van der Waals surface area contributed by atoms with Crippen LogP contribution in [0.2, 0.25) is 0 Å². The summed E-state index contributed by atoms with van der Waals surface area (Å²) in [5, 5.41) is 10.0. The Kier molecular flexibility index (Phi) is 8.20. The van der Waals surface area contributed by atoms with Crippen LogP contribution in [0.1, 0.15) is 12.5 Å². The summed E-state index contributed by atoms with van der Waals surface area (Å²) in [5.41, 5.74) is -2.57. The van der Waals surface area contributed by atoms with Gasteiger partial charge in [0.2, 0.25) is 10.0 Å². The van der Waals surface area contributed by atoms with Crippen molar-refractivity contribution in [1.29, 1.82) is 0 Å². The van der Waals surface area contributed by atoms with Crippen LogP contribution in [0.5, 0.6) is 0 Å². The smallest absolute Gasteiger partial charge is 0.376 e. The van der Waals surface area contributed by atoms with E-state index in [1.807, 2.05) is 35.2 Å². The van der Waals surface area contributed by atoms with E-state index in [9.17, 15) is 26.7 Å². The number of halogens is 3. The van der Waals surface area contributed by atoms with Crippen LogP contribution >= 0.6 is 24.4 Å². The number of benzene rings is 3. The van der Waals surface area contributed by atoms with Crippen molar-refractivity contribution in [3.05, 3.63) is 84.4 Å². The highest BCUT2D eigenvalue weighted by molar-refractivity contribution is 7.99. The number of thioether (sulfide) groups is 1. The molecule has 0 bridgehead atoms. The summed E-state index contributed by atoms with van der Waals surface area (Å²) in [7, 11) is -3.79. The minimum absolute atomic E-state index is 0.139. The second kappa shape index (κ2) is 10.9. The van der Waals surface area contributed by atoms with Gasteiger partial charge in [-0.1, -0.05) is 42.5 Å². The molecule has 5 nitrogen and oxygen atoms in total. The predicted molar refractivity (Wildman–Crippen MR) is 143 cm³/mol. The number of alkyl halides is 3. The van der Waals surface area contributed by atoms with Crippen molar-refractivity contribution in [2.45, 2.75) is 39.4 Å². The highest BCUT2D eigenvalue weighted by Gasteiger charge is 2.51. The van der Waals surface area contributed by atoms with Gasteiger partial charge < -0.3 is 10.0 Å². The lowest BCUT2D eigenvalue weighted by atomic mass is 9.95. The number of aliphatic hydroxyl groups is 1. The fourth-order valence-corrected chi connectivity index (χ4v) is 7.27. The molecular formula is C26H27F3N2O3S3. The first-order valence-corrected chi connectivity index (χ1v) is 14.4. The first kappa shape index (κ1) is 27.8. The van der Waals surface area contributed by atoms with E-state index in [0.29, 0.717) is 22.9 Å². The average molecular weight is 569 g/mol. The molecule has 0 aliphatic carbocycles. The quantitative estimate of drug-likeness (QED) is 0.295. The molecule has 4 rings (SSSR count). The van der Waals surface area contributed by atoms with Crippen LogP contribution in [0.4, 0.5) is 18.9 Å². The van der Waals surface area contributed by atoms with E-state index in [1.165, 1.54) is 22.5 Å². The van der Waals surface area contributed by atoms with Crippen molar-refractivity contribution in [3.8, 4) is 0 Å². The summed E-state index contributed by atoms with van der Waals surface area (Å²) in [5.74, 6) is 0.556. The Hall–Kier alpha value is -2.18. The van der Waals surface area contributed by atoms with E-state index in [4.69, 9.17) is 0 Å². The Bertz CT molecular complexity index is 1320. The predicted octanol–water partition coefficient (Wildman–Crippen LogP) is 5.42. The van der Waals surface area contributed by atoms with Crippen LogP contribution in [0.25, 0.3) is 0 Å². The molecule has 1 fully saturated rings.